The quantitative estimate of drug-likeness (QED) is 0.682. The number of alkyl halides is 3. The third-order valence-corrected chi connectivity index (χ3v) is 3.80. The number of carbonyl (C=O) groups excluding carboxylic acids is 2. The molecule has 0 atom stereocenters. The van der Waals surface area contributed by atoms with Gasteiger partial charge in [0.05, 0.1) is 24.1 Å². The second-order valence-corrected chi connectivity index (χ2v) is 6.40. The van der Waals surface area contributed by atoms with Gasteiger partial charge >= 0.3 is 6.18 Å². The van der Waals surface area contributed by atoms with Crippen molar-refractivity contribution in [2.45, 2.75) is 39.0 Å². The van der Waals surface area contributed by atoms with Gasteiger partial charge in [-0.2, -0.15) is 18.3 Å². The number of rotatable bonds is 7. The standard InChI is InChI=1S/C16H20F3N5O3/c1-10(2)12-5-11(27-21-12)7-22(3)15(26)14-13(23(4)9-25)6-20-24(14)8-16(17,18)19/h5-6,9-10H,7-8H2,1-4H3. The molecule has 2 aromatic rings. The molecule has 2 amide bonds. The highest BCUT2D eigenvalue weighted by molar-refractivity contribution is 5.99. The maximum absolute atomic E-state index is 12.8. The van der Waals surface area contributed by atoms with Crippen molar-refractivity contribution >= 4 is 18.0 Å². The molecule has 2 heterocycles. The number of amides is 2. The highest BCUT2D eigenvalue weighted by Gasteiger charge is 2.33. The molecular formula is C16H20F3N5O3. The van der Waals surface area contributed by atoms with Crippen LogP contribution in [0.25, 0.3) is 0 Å². The van der Waals surface area contributed by atoms with Crippen LogP contribution in [0.4, 0.5) is 18.9 Å². The highest BCUT2D eigenvalue weighted by Crippen LogP contribution is 2.25. The Kier molecular flexibility index (Phi) is 5.91. The molecule has 0 bridgehead atoms. The highest BCUT2D eigenvalue weighted by atomic mass is 19.4. The molecule has 0 unspecified atom stereocenters. The zero-order chi connectivity index (χ0) is 20.4. The minimum atomic E-state index is -4.58. The largest absolute Gasteiger partial charge is 0.408 e. The van der Waals surface area contributed by atoms with E-state index in [4.69, 9.17) is 4.52 Å². The van der Waals surface area contributed by atoms with Gasteiger partial charge in [-0.15, -0.1) is 0 Å². The summed E-state index contributed by atoms with van der Waals surface area (Å²) in [5, 5.41) is 7.50. The second-order valence-electron chi connectivity index (χ2n) is 6.40. The van der Waals surface area contributed by atoms with Crippen LogP contribution in [0.2, 0.25) is 0 Å². The lowest BCUT2D eigenvalue weighted by atomic mass is 10.1. The zero-order valence-electron chi connectivity index (χ0n) is 15.3. The van der Waals surface area contributed by atoms with Crippen LogP contribution in [0, 0.1) is 0 Å². The van der Waals surface area contributed by atoms with Crippen molar-refractivity contribution in [3.8, 4) is 0 Å². The molecule has 11 heteroatoms. The third kappa shape index (κ3) is 4.86. The van der Waals surface area contributed by atoms with Crippen molar-refractivity contribution in [1.82, 2.24) is 19.8 Å². The number of hydrogen-bond donors (Lipinski definition) is 0. The Labute approximate surface area is 153 Å². The van der Waals surface area contributed by atoms with Gasteiger partial charge in [-0.25, -0.2) is 4.68 Å². The predicted octanol–water partition coefficient (Wildman–Crippen LogP) is 2.42. The molecule has 0 aliphatic heterocycles. The summed E-state index contributed by atoms with van der Waals surface area (Å²) < 4.78 is 44.1. The third-order valence-electron chi connectivity index (χ3n) is 3.80. The fourth-order valence-corrected chi connectivity index (χ4v) is 2.36. The first-order valence-electron chi connectivity index (χ1n) is 8.05. The van der Waals surface area contributed by atoms with Crippen LogP contribution in [-0.2, 0) is 17.9 Å². The maximum Gasteiger partial charge on any atom is 0.408 e. The number of anilines is 1. The van der Waals surface area contributed by atoms with Gasteiger partial charge in [-0.05, 0) is 5.92 Å². The van der Waals surface area contributed by atoms with Crippen molar-refractivity contribution in [2.24, 2.45) is 0 Å². The van der Waals surface area contributed by atoms with Crippen LogP contribution >= 0.6 is 0 Å². The summed E-state index contributed by atoms with van der Waals surface area (Å²) in [6.07, 6.45) is -3.14. The predicted molar refractivity (Wildman–Crippen MR) is 89.1 cm³/mol. The summed E-state index contributed by atoms with van der Waals surface area (Å²) in [4.78, 5) is 26.0. The van der Waals surface area contributed by atoms with Crippen LogP contribution in [0.5, 0.6) is 0 Å². The van der Waals surface area contributed by atoms with E-state index in [2.05, 4.69) is 10.3 Å². The lowest BCUT2D eigenvalue weighted by Gasteiger charge is -2.19. The zero-order valence-corrected chi connectivity index (χ0v) is 15.3. The number of aromatic nitrogens is 3. The summed E-state index contributed by atoms with van der Waals surface area (Å²) in [6, 6.07) is 1.68. The fourth-order valence-electron chi connectivity index (χ4n) is 2.36. The molecule has 0 fully saturated rings. The normalized spacial score (nSPS) is 11.7. The Hall–Kier alpha value is -2.85. The number of carbonyl (C=O) groups is 2. The van der Waals surface area contributed by atoms with Crippen LogP contribution < -0.4 is 4.90 Å². The van der Waals surface area contributed by atoms with Gasteiger partial charge in [0, 0.05) is 20.2 Å². The molecule has 0 radical (unpaired) electrons. The van der Waals surface area contributed by atoms with Crippen molar-refractivity contribution < 1.29 is 27.3 Å². The summed E-state index contributed by atoms with van der Waals surface area (Å²) in [7, 11) is 2.74. The van der Waals surface area contributed by atoms with E-state index in [1.807, 2.05) is 13.8 Å². The molecule has 2 aromatic heterocycles. The Morgan fingerprint density at radius 3 is 2.56 bits per heavy atom. The van der Waals surface area contributed by atoms with Crippen LogP contribution in [0.1, 0.15) is 41.7 Å². The van der Waals surface area contributed by atoms with Crippen molar-refractivity contribution in [3.63, 3.8) is 0 Å². The average Bonchev–Trinajstić information content (AvgIpc) is 3.19. The van der Waals surface area contributed by atoms with Gasteiger partial charge in [0.25, 0.3) is 5.91 Å². The molecule has 2 rings (SSSR count). The molecule has 0 N–H and O–H groups in total. The first-order valence-corrected chi connectivity index (χ1v) is 8.05. The van der Waals surface area contributed by atoms with Crippen LogP contribution in [-0.4, -0.2) is 52.4 Å². The number of nitrogens with zero attached hydrogens (tertiary/aromatic N) is 5. The molecule has 148 valence electrons. The van der Waals surface area contributed by atoms with Gasteiger partial charge in [-0.3, -0.25) is 9.59 Å². The summed E-state index contributed by atoms with van der Waals surface area (Å²) in [6.45, 7) is 2.40. The molecule has 27 heavy (non-hydrogen) atoms. The lowest BCUT2D eigenvalue weighted by Crippen LogP contribution is -2.32. The monoisotopic (exact) mass is 387 g/mol. The summed E-state index contributed by atoms with van der Waals surface area (Å²) in [5.74, 6) is -0.214. The van der Waals surface area contributed by atoms with Gasteiger partial charge < -0.3 is 14.3 Å². The van der Waals surface area contributed by atoms with E-state index in [0.717, 1.165) is 11.1 Å². The summed E-state index contributed by atoms with van der Waals surface area (Å²) >= 11 is 0. The maximum atomic E-state index is 12.8. The van der Waals surface area contributed by atoms with E-state index in [-0.39, 0.29) is 23.8 Å². The van der Waals surface area contributed by atoms with Gasteiger partial charge in [-0.1, -0.05) is 19.0 Å². The Bertz CT molecular complexity index is 813. The Morgan fingerprint density at radius 2 is 2.04 bits per heavy atom. The topological polar surface area (TPSA) is 84.5 Å². The van der Waals surface area contributed by atoms with Gasteiger partial charge in [0.2, 0.25) is 6.41 Å². The van der Waals surface area contributed by atoms with Crippen molar-refractivity contribution in [3.05, 3.63) is 29.4 Å². The SMILES string of the molecule is CC(C)c1cc(CN(C)C(=O)c2c(N(C)C=O)cnn2CC(F)(F)F)on1. The smallest absolute Gasteiger partial charge is 0.359 e. The molecule has 0 aromatic carbocycles. The van der Waals surface area contributed by atoms with E-state index in [1.165, 1.54) is 19.0 Å². The Balaban J connectivity index is 2.31. The van der Waals surface area contributed by atoms with Crippen molar-refractivity contribution in [1.29, 1.82) is 0 Å². The minimum absolute atomic E-state index is 0.00000520. The molecule has 0 spiro atoms. The van der Waals surface area contributed by atoms with Crippen LogP contribution in [0.3, 0.4) is 0 Å². The van der Waals surface area contributed by atoms with E-state index < -0.39 is 18.6 Å². The lowest BCUT2D eigenvalue weighted by molar-refractivity contribution is -0.142. The molecule has 0 saturated carbocycles. The number of hydrogen-bond acceptors (Lipinski definition) is 5. The first-order chi connectivity index (χ1) is 12.5. The van der Waals surface area contributed by atoms with E-state index in [1.54, 1.807) is 6.07 Å². The summed E-state index contributed by atoms with van der Waals surface area (Å²) in [5.41, 5.74) is 0.342. The molecular weight excluding hydrogens is 367 g/mol. The van der Waals surface area contributed by atoms with Crippen LogP contribution in [0.15, 0.2) is 16.8 Å². The van der Waals surface area contributed by atoms with Crippen molar-refractivity contribution in [2.75, 3.05) is 19.0 Å². The van der Waals surface area contributed by atoms with E-state index in [0.29, 0.717) is 22.5 Å². The molecule has 0 saturated heterocycles. The average molecular weight is 387 g/mol. The van der Waals surface area contributed by atoms with E-state index >= 15 is 0 Å². The number of halogens is 3. The molecule has 8 nitrogen and oxygen atoms in total. The Morgan fingerprint density at radius 1 is 1.37 bits per heavy atom. The minimum Gasteiger partial charge on any atom is -0.359 e. The molecule has 0 aliphatic rings. The fraction of sp³-hybridized carbons (Fsp3) is 0.500. The van der Waals surface area contributed by atoms with E-state index in [9.17, 15) is 22.8 Å². The second kappa shape index (κ2) is 7.80. The van der Waals surface area contributed by atoms with Gasteiger partial charge in [0.15, 0.2) is 11.5 Å². The van der Waals surface area contributed by atoms with Gasteiger partial charge in [0.1, 0.15) is 6.54 Å². The molecule has 0 aliphatic carbocycles. The first kappa shape index (κ1) is 20.5.